The van der Waals surface area contributed by atoms with Crippen LogP contribution in [0.25, 0.3) is 10.9 Å². The zero-order valence-corrected chi connectivity index (χ0v) is 17.8. The van der Waals surface area contributed by atoms with Crippen molar-refractivity contribution >= 4 is 28.4 Å². The molecular formula is C24H27NO3S. The highest BCUT2D eigenvalue weighted by molar-refractivity contribution is 8.00. The average Bonchev–Trinajstić information content (AvgIpc) is 2.77. The second kappa shape index (κ2) is 10.9. The lowest BCUT2D eigenvalue weighted by molar-refractivity contribution is 0.101. The standard InChI is InChI=1S/C24H27NO3S/c1-3-4-5-8-15-28-18-11-12-20(23(16-18)27-2)22(26)17-29-24-13-14-25-21-10-7-6-9-19(21)24/h6-7,9-14,16H,3-5,8,15,17H2,1-2H3. The first-order chi connectivity index (χ1) is 14.2. The summed E-state index contributed by atoms with van der Waals surface area (Å²) in [7, 11) is 1.58. The van der Waals surface area contributed by atoms with Gasteiger partial charge in [0, 0.05) is 22.5 Å². The zero-order valence-electron chi connectivity index (χ0n) is 17.0. The highest BCUT2D eigenvalue weighted by atomic mass is 32.2. The summed E-state index contributed by atoms with van der Waals surface area (Å²) in [5, 5.41) is 1.06. The van der Waals surface area contributed by atoms with Gasteiger partial charge in [-0.1, -0.05) is 44.4 Å². The number of hydrogen-bond donors (Lipinski definition) is 0. The molecular weight excluding hydrogens is 382 g/mol. The summed E-state index contributed by atoms with van der Waals surface area (Å²) < 4.78 is 11.3. The molecule has 0 saturated carbocycles. The molecule has 0 atom stereocenters. The Morgan fingerprint density at radius 1 is 1.07 bits per heavy atom. The van der Waals surface area contributed by atoms with Crippen molar-refractivity contribution in [2.24, 2.45) is 0 Å². The number of unbranched alkanes of at least 4 members (excludes halogenated alkanes) is 3. The number of thioether (sulfide) groups is 1. The first-order valence-electron chi connectivity index (χ1n) is 10.0. The number of hydrogen-bond acceptors (Lipinski definition) is 5. The van der Waals surface area contributed by atoms with Crippen molar-refractivity contribution in [1.29, 1.82) is 0 Å². The van der Waals surface area contributed by atoms with Gasteiger partial charge in [0.2, 0.25) is 0 Å². The topological polar surface area (TPSA) is 48.4 Å². The molecule has 0 radical (unpaired) electrons. The Morgan fingerprint density at radius 2 is 1.93 bits per heavy atom. The van der Waals surface area contributed by atoms with Crippen molar-refractivity contribution < 1.29 is 14.3 Å². The Morgan fingerprint density at radius 3 is 2.76 bits per heavy atom. The minimum absolute atomic E-state index is 0.0299. The van der Waals surface area contributed by atoms with Crippen LogP contribution in [0, 0.1) is 0 Å². The SMILES string of the molecule is CCCCCCOc1ccc(C(=O)CSc2ccnc3ccccc23)c(OC)c1. The summed E-state index contributed by atoms with van der Waals surface area (Å²) in [6.45, 7) is 2.87. The summed E-state index contributed by atoms with van der Waals surface area (Å²) in [5.74, 6) is 1.66. The molecule has 0 unspecified atom stereocenters. The molecule has 0 aliphatic carbocycles. The fourth-order valence-electron chi connectivity index (χ4n) is 3.13. The molecule has 3 aromatic rings. The molecule has 4 nitrogen and oxygen atoms in total. The number of rotatable bonds is 11. The number of aromatic nitrogens is 1. The Balaban J connectivity index is 1.64. The molecule has 29 heavy (non-hydrogen) atoms. The Kier molecular flexibility index (Phi) is 7.94. The average molecular weight is 410 g/mol. The van der Waals surface area contributed by atoms with Crippen LogP contribution >= 0.6 is 11.8 Å². The molecule has 2 aromatic carbocycles. The number of carbonyl (C=O) groups is 1. The molecule has 0 spiro atoms. The van der Waals surface area contributed by atoms with Gasteiger partial charge in [-0.2, -0.15) is 0 Å². The van der Waals surface area contributed by atoms with Gasteiger partial charge in [-0.3, -0.25) is 9.78 Å². The monoisotopic (exact) mass is 409 g/mol. The molecule has 0 N–H and O–H groups in total. The Hall–Kier alpha value is -2.53. The van der Waals surface area contributed by atoms with E-state index < -0.39 is 0 Å². The number of para-hydroxylation sites is 1. The predicted octanol–water partition coefficient (Wildman–Crippen LogP) is 6.18. The fourth-order valence-corrected chi connectivity index (χ4v) is 4.05. The quantitative estimate of drug-likeness (QED) is 0.215. The maximum absolute atomic E-state index is 12.8. The highest BCUT2D eigenvalue weighted by Crippen LogP contribution is 2.30. The Labute approximate surface area is 176 Å². The lowest BCUT2D eigenvalue weighted by atomic mass is 10.1. The number of pyridine rings is 1. The number of Topliss-reactive ketones (excluding diaryl/α,β-unsaturated/α-hetero) is 1. The van der Waals surface area contributed by atoms with E-state index in [4.69, 9.17) is 9.47 Å². The number of nitrogens with zero attached hydrogens (tertiary/aromatic N) is 1. The van der Waals surface area contributed by atoms with Gasteiger partial charge in [0.25, 0.3) is 0 Å². The molecule has 152 valence electrons. The molecule has 0 aliphatic rings. The predicted molar refractivity (Wildman–Crippen MR) is 119 cm³/mol. The first-order valence-corrected chi connectivity index (χ1v) is 11.0. The molecule has 0 fully saturated rings. The summed E-state index contributed by atoms with van der Waals surface area (Å²) in [4.78, 5) is 18.2. The molecule has 3 rings (SSSR count). The minimum atomic E-state index is 0.0299. The van der Waals surface area contributed by atoms with Crippen molar-refractivity contribution in [3.05, 3.63) is 60.3 Å². The van der Waals surface area contributed by atoms with Crippen molar-refractivity contribution in [2.75, 3.05) is 19.5 Å². The molecule has 0 aliphatic heterocycles. The van der Waals surface area contributed by atoms with Crippen LogP contribution in [-0.4, -0.2) is 30.2 Å². The minimum Gasteiger partial charge on any atom is -0.496 e. The van der Waals surface area contributed by atoms with Gasteiger partial charge in [-0.05, 0) is 30.7 Å². The van der Waals surface area contributed by atoms with Crippen LogP contribution in [0.1, 0.15) is 43.0 Å². The van der Waals surface area contributed by atoms with Gasteiger partial charge in [0.1, 0.15) is 11.5 Å². The number of methoxy groups -OCH3 is 1. The van der Waals surface area contributed by atoms with Crippen molar-refractivity contribution in [1.82, 2.24) is 4.98 Å². The van der Waals surface area contributed by atoms with Crippen LogP contribution in [0.4, 0.5) is 0 Å². The van der Waals surface area contributed by atoms with Crippen LogP contribution in [0.15, 0.2) is 59.6 Å². The highest BCUT2D eigenvalue weighted by Gasteiger charge is 2.15. The van der Waals surface area contributed by atoms with Gasteiger partial charge < -0.3 is 9.47 Å². The molecule has 5 heteroatoms. The molecule has 0 saturated heterocycles. The number of fused-ring (bicyclic) bond motifs is 1. The van der Waals surface area contributed by atoms with Crippen molar-refractivity contribution in [3.63, 3.8) is 0 Å². The number of benzene rings is 2. The fraction of sp³-hybridized carbons (Fsp3) is 0.333. The van der Waals surface area contributed by atoms with Crippen LogP contribution in [0.2, 0.25) is 0 Å². The maximum atomic E-state index is 12.8. The summed E-state index contributed by atoms with van der Waals surface area (Å²) >= 11 is 1.52. The molecule has 0 bridgehead atoms. The van der Waals surface area contributed by atoms with Gasteiger partial charge in [-0.25, -0.2) is 0 Å². The van der Waals surface area contributed by atoms with E-state index in [1.54, 1.807) is 25.4 Å². The van der Waals surface area contributed by atoms with Crippen LogP contribution in [-0.2, 0) is 0 Å². The third kappa shape index (κ3) is 5.73. The second-order valence-corrected chi connectivity index (χ2v) is 7.83. The van der Waals surface area contributed by atoms with E-state index in [1.807, 2.05) is 36.4 Å². The largest absolute Gasteiger partial charge is 0.496 e. The Bertz CT molecular complexity index is 953. The van der Waals surface area contributed by atoms with Gasteiger partial charge in [0.15, 0.2) is 5.78 Å². The zero-order chi connectivity index (χ0) is 20.5. The van der Waals surface area contributed by atoms with Crippen LogP contribution in [0.5, 0.6) is 11.5 Å². The van der Waals surface area contributed by atoms with E-state index in [2.05, 4.69) is 11.9 Å². The summed E-state index contributed by atoms with van der Waals surface area (Å²) in [6, 6.07) is 15.4. The van der Waals surface area contributed by atoms with E-state index in [9.17, 15) is 4.79 Å². The third-order valence-electron chi connectivity index (χ3n) is 4.71. The third-order valence-corrected chi connectivity index (χ3v) is 5.78. The smallest absolute Gasteiger partial charge is 0.176 e. The summed E-state index contributed by atoms with van der Waals surface area (Å²) in [5.41, 5.74) is 1.51. The van der Waals surface area contributed by atoms with Crippen molar-refractivity contribution in [3.8, 4) is 11.5 Å². The van der Waals surface area contributed by atoms with Crippen molar-refractivity contribution in [2.45, 2.75) is 37.5 Å². The van der Waals surface area contributed by atoms with Gasteiger partial charge >= 0.3 is 0 Å². The van der Waals surface area contributed by atoms with E-state index in [0.29, 0.717) is 23.7 Å². The lowest BCUT2D eigenvalue weighted by Gasteiger charge is -2.12. The van der Waals surface area contributed by atoms with E-state index in [1.165, 1.54) is 31.0 Å². The maximum Gasteiger partial charge on any atom is 0.176 e. The van der Waals surface area contributed by atoms with Gasteiger partial charge in [-0.15, -0.1) is 11.8 Å². The molecule has 0 amide bonds. The molecule has 1 aromatic heterocycles. The normalized spacial score (nSPS) is 10.8. The number of ether oxygens (including phenoxy) is 2. The van der Waals surface area contributed by atoms with Crippen LogP contribution in [0.3, 0.4) is 0 Å². The van der Waals surface area contributed by atoms with Gasteiger partial charge in [0.05, 0.1) is 30.5 Å². The van der Waals surface area contributed by atoms with E-state index in [-0.39, 0.29) is 5.78 Å². The first kappa shape index (κ1) is 21.2. The second-order valence-electron chi connectivity index (χ2n) is 6.81. The number of ketones is 1. The van der Waals surface area contributed by atoms with E-state index in [0.717, 1.165) is 28.0 Å². The van der Waals surface area contributed by atoms with E-state index >= 15 is 0 Å². The van der Waals surface area contributed by atoms with Crippen LogP contribution < -0.4 is 9.47 Å². The lowest BCUT2D eigenvalue weighted by Crippen LogP contribution is -2.06. The number of carbonyl (C=O) groups excluding carboxylic acids is 1. The molecule has 1 heterocycles. The summed E-state index contributed by atoms with van der Waals surface area (Å²) in [6.07, 6.45) is 6.42.